The van der Waals surface area contributed by atoms with Gasteiger partial charge in [-0.2, -0.15) is 0 Å². The molecule has 0 amide bonds. The smallest absolute Gasteiger partial charge is 0.191 e. The quantitative estimate of drug-likeness (QED) is 0.216. The summed E-state index contributed by atoms with van der Waals surface area (Å²) in [6.45, 7) is 14.1. The first-order chi connectivity index (χ1) is 11.9. The molecule has 1 heterocycles. The molecule has 0 aromatic heterocycles. The van der Waals surface area contributed by atoms with E-state index in [1.807, 2.05) is 7.05 Å². The molecule has 1 aliphatic rings. The molecule has 7 heteroatoms. The second-order valence-electron chi connectivity index (χ2n) is 8.01. The number of rotatable bonds is 10. The van der Waals surface area contributed by atoms with Crippen molar-refractivity contribution in [2.45, 2.75) is 45.6 Å². The Morgan fingerprint density at radius 1 is 1.31 bits per heavy atom. The number of likely N-dealkylation sites (N-methyl/N-ethyl adjacent to an activating group) is 1. The van der Waals surface area contributed by atoms with Crippen LogP contribution in [0.5, 0.6) is 0 Å². The lowest BCUT2D eigenvalue weighted by molar-refractivity contribution is 0.0739. The first-order valence-electron chi connectivity index (χ1n) is 9.76. The van der Waals surface area contributed by atoms with Crippen molar-refractivity contribution in [1.82, 2.24) is 20.4 Å². The van der Waals surface area contributed by atoms with Crippen molar-refractivity contribution >= 4 is 29.9 Å². The molecule has 1 rings (SSSR count). The van der Waals surface area contributed by atoms with Crippen molar-refractivity contribution in [3.8, 4) is 0 Å². The van der Waals surface area contributed by atoms with Crippen molar-refractivity contribution in [3.63, 3.8) is 0 Å². The summed E-state index contributed by atoms with van der Waals surface area (Å²) >= 11 is 0. The predicted octanol–water partition coefficient (Wildman–Crippen LogP) is 2.25. The number of ether oxygens (including phenoxy) is 1. The van der Waals surface area contributed by atoms with Gasteiger partial charge in [0.1, 0.15) is 0 Å². The molecule has 0 radical (unpaired) electrons. The molecule has 1 unspecified atom stereocenters. The van der Waals surface area contributed by atoms with Gasteiger partial charge in [-0.25, -0.2) is 0 Å². The average molecular weight is 483 g/mol. The van der Waals surface area contributed by atoms with E-state index in [9.17, 15) is 0 Å². The molecule has 156 valence electrons. The van der Waals surface area contributed by atoms with Gasteiger partial charge in [0.15, 0.2) is 5.96 Å². The fourth-order valence-corrected chi connectivity index (χ4v) is 3.33. The molecule has 1 saturated heterocycles. The van der Waals surface area contributed by atoms with Gasteiger partial charge in [0.25, 0.3) is 0 Å². The molecule has 0 bridgehead atoms. The second-order valence-corrected chi connectivity index (χ2v) is 8.01. The number of likely N-dealkylation sites (tertiary alicyclic amines) is 1. The van der Waals surface area contributed by atoms with E-state index in [1.54, 1.807) is 7.11 Å². The highest BCUT2D eigenvalue weighted by atomic mass is 127. The number of methoxy groups -OCH3 is 1. The minimum absolute atomic E-state index is 0. The predicted molar refractivity (Wildman–Crippen MR) is 123 cm³/mol. The van der Waals surface area contributed by atoms with Crippen LogP contribution in [-0.4, -0.2) is 88.4 Å². The number of aliphatic imine (C=N–C) groups is 1. The van der Waals surface area contributed by atoms with Gasteiger partial charge in [-0.1, -0.05) is 6.92 Å². The van der Waals surface area contributed by atoms with Crippen LogP contribution >= 0.6 is 24.0 Å². The third-order valence-electron chi connectivity index (χ3n) is 5.10. The number of nitrogens with one attached hydrogen (secondary N) is 2. The van der Waals surface area contributed by atoms with Crippen LogP contribution in [0.15, 0.2) is 4.99 Å². The van der Waals surface area contributed by atoms with Gasteiger partial charge >= 0.3 is 0 Å². The maximum atomic E-state index is 5.10. The van der Waals surface area contributed by atoms with Crippen molar-refractivity contribution in [3.05, 3.63) is 0 Å². The molecule has 0 aromatic rings. The maximum Gasteiger partial charge on any atom is 0.191 e. The van der Waals surface area contributed by atoms with Gasteiger partial charge in [-0.15, -0.1) is 24.0 Å². The fraction of sp³-hybridized carbons (Fsp3) is 0.947. The van der Waals surface area contributed by atoms with Gasteiger partial charge in [-0.05, 0) is 52.6 Å². The Labute approximate surface area is 178 Å². The molecule has 0 aromatic carbocycles. The Bertz CT molecular complexity index is 392. The number of hydrogen-bond acceptors (Lipinski definition) is 4. The van der Waals surface area contributed by atoms with E-state index in [0.717, 1.165) is 51.1 Å². The first-order valence-corrected chi connectivity index (χ1v) is 9.76. The number of guanidine groups is 1. The van der Waals surface area contributed by atoms with Crippen molar-refractivity contribution in [2.75, 3.05) is 67.1 Å². The number of halogens is 1. The van der Waals surface area contributed by atoms with E-state index < -0.39 is 0 Å². The van der Waals surface area contributed by atoms with Crippen LogP contribution in [-0.2, 0) is 4.74 Å². The Morgan fingerprint density at radius 3 is 2.65 bits per heavy atom. The molecular formula is C19H42IN5O. The van der Waals surface area contributed by atoms with Gasteiger partial charge in [0.2, 0.25) is 0 Å². The largest absolute Gasteiger partial charge is 0.385 e. The lowest BCUT2D eigenvalue weighted by atomic mass is 9.93. The second kappa shape index (κ2) is 14.0. The van der Waals surface area contributed by atoms with Gasteiger partial charge in [0.05, 0.1) is 0 Å². The van der Waals surface area contributed by atoms with Gasteiger partial charge in [0, 0.05) is 59.0 Å². The van der Waals surface area contributed by atoms with E-state index in [2.05, 4.69) is 53.2 Å². The summed E-state index contributed by atoms with van der Waals surface area (Å²) in [6, 6.07) is 0. The summed E-state index contributed by atoms with van der Waals surface area (Å²) in [5.74, 6) is 1.70. The van der Waals surface area contributed by atoms with Crippen LogP contribution in [0.2, 0.25) is 0 Å². The van der Waals surface area contributed by atoms with Crippen LogP contribution in [0.25, 0.3) is 0 Å². The maximum absolute atomic E-state index is 5.10. The lowest BCUT2D eigenvalue weighted by Crippen LogP contribution is -2.56. The molecule has 26 heavy (non-hydrogen) atoms. The minimum atomic E-state index is 0. The number of nitrogens with zero attached hydrogens (tertiary/aromatic N) is 3. The highest BCUT2D eigenvalue weighted by Gasteiger charge is 2.30. The Hall–Kier alpha value is -0.120. The molecule has 1 fully saturated rings. The Kier molecular flexibility index (Phi) is 13.9. The van der Waals surface area contributed by atoms with Crippen molar-refractivity contribution in [1.29, 1.82) is 0 Å². The van der Waals surface area contributed by atoms with Crippen LogP contribution < -0.4 is 10.6 Å². The summed E-state index contributed by atoms with van der Waals surface area (Å²) in [7, 11) is 5.74. The van der Waals surface area contributed by atoms with Gasteiger partial charge in [-0.3, -0.25) is 9.89 Å². The van der Waals surface area contributed by atoms with Crippen LogP contribution in [0.3, 0.4) is 0 Å². The van der Waals surface area contributed by atoms with E-state index in [1.165, 1.54) is 25.9 Å². The summed E-state index contributed by atoms with van der Waals surface area (Å²) < 4.78 is 5.10. The summed E-state index contributed by atoms with van der Waals surface area (Å²) in [6.07, 6.45) is 3.75. The van der Waals surface area contributed by atoms with E-state index in [4.69, 9.17) is 4.74 Å². The monoisotopic (exact) mass is 483 g/mol. The Morgan fingerprint density at radius 2 is 2.04 bits per heavy atom. The van der Waals surface area contributed by atoms with E-state index in [0.29, 0.717) is 0 Å². The standard InChI is InChI=1S/C19H41N5O.HI/c1-17-9-7-12-24(15-17)19(2,3)16-22-18(20-4)21-10-13-23(5)11-8-14-25-6;/h17H,7-16H2,1-6H3,(H2,20,21,22);1H. The summed E-state index contributed by atoms with van der Waals surface area (Å²) in [5, 5.41) is 6.93. The highest BCUT2D eigenvalue weighted by Crippen LogP contribution is 2.23. The van der Waals surface area contributed by atoms with Crippen LogP contribution in [0, 0.1) is 5.92 Å². The molecule has 2 N–H and O–H groups in total. The van der Waals surface area contributed by atoms with Crippen LogP contribution in [0.4, 0.5) is 0 Å². The highest BCUT2D eigenvalue weighted by molar-refractivity contribution is 14.0. The topological polar surface area (TPSA) is 52.1 Å². The lowest BCUT2D eigenvalue weighted by Gasteiger charge is -2.43. The SMILES string of the molecule is CN=C(NCCN(C)CCCOC)NCC(C)(C)N1CCCC(C)C1.I. The summed E-state index contributed by atoms with van der Waals surface area (Å²) in [4.78, 5) is 9.29. The molecule has 1 atom stereocenters. The minimum Gasteiger partial charge on any atom is -0.385 e. The summed E-state index contributed by atoms with van der Waals surface area (Å²) in [5.41, 5.74) is 0.142. The Balaban J connectivity index is 0.00000625. The van der Waals surface area contributed by atoms with E-state index >= 15 is 0 Å². The molecule has 6 nitrogen and oxygen atoms in total. The molecule has 1 aliphatic heterocycles. The van der Waals surface area contributed by atoms with Crippen molar-refractivity contribution < 1.29 is 4.74 Å². The third kappa shape index (κ3) is 10.3. The normalized spacial score (nSPS) is 19.3. The zero-order valence-corrected chi connectivity index (χ0v) is 20.1. The number of hydrogen-bond donors (Lipinski definition) is 2. The average Bonchev–Trinajstić information content (AvgIpc) is 2.58. The van der Waals surface area contributed by atoms with E-state index in [-0.39, 0.29) is 29.5 Å². The molecular weight excluding hydrogens is 441 g/mol. The molecule has 0 spiro atoms. The number of piperidine rings is 1. The molecule has 0 aliphatic carbocycles. The zero-order valence-electron chi connectivity index (χ0n) is 17.8. The fourth-order valence-electron chi connectivity index (χ4n) is 3.33. The van der Waals surface area contributed by atoms with Crippen LogP contribution in [0.1, 0.15) is 40.0 Å². The first kappa shape index (κ1) is 25.9. The molecule has 0 saturated carbocycles. The zero-order chi connectivity index (χ0) is 18.7. The third-order valence-corrected chi connectivity index (χ3v) is 5.10. The van der Waals surface area contributed by atoms with Crippen molar-refractivity contribution in [2.24, 2.45) is 10.9 Å². The van der Waals surface area contributed by atoms with Gasteiger partial charge < -0.3 is 20.3 Å².